The van der Waals surface area contributed by atoms with Gasteiger partial charge in [-0.15, -0.1) is 0 Å². The van der Waals surface area contributed by atoms with Crippen molar-refractivity contribution in [3.63, 3.8) is 0 Å². The van der Waals surface area contributed by atoms with Crippen molar-refractivity contribution in [1.29, 1.82) is 0 Å². The van der Waals surface area contributed by atoms with Crippen LogP contribution in [0.25, 0.3) is 0 Å². The number of alkyl halides is 3. The largest absolute Gasteiger partial charge is 0.416 e. The Morgan fingerprint density at radius 2 is 1.96 bits per heavy atom. The van der Waals surface area contributed by atoms with E-state index in [0.29, 0.717) is 6.07 Å². The van der Waals surface area contributed by atoms with Crippen LogP contribution in [0, 0.1) is 5.82 Å². The number of carbonyl (C=O) groups is 1. The van der Waals surface area contributed by atoms with Crippen LogP contribution in [0.1, 0.15) is 18.1 Å². The molecule has 1 heterocycles. The Morgan fingerprint density at radius 1 is 1.33 bits per heavy atom. The Bertz CT molecular complexity index is 728. The fourth-order valence-electron chi connectivity index (χ4n) is 2.32. The quantitative estimate of drug-likeness (QED) is 0.829. The van der Waals surface area contributed by atoms with E-state index in [1.54, 1.807) is 0 Å². The highest BCUT2D eigenvalue weighted by Crippen LogP contribution is 2.32. The zero-order valence-electron chi connectivity index (χ0n) is 12.7. The van der Waals surface area contributed by atoms with Crippen molar-refractivity contribution in [3.05, 3.63) is 35.1 Å². The molecule has 134 valence electrons. The van der Waals surface area contributed by atoms with Crippen molar-refractivity contribution in [2.75, 3.05) is 18.8 Å². The zero-order chi connectivity index (χ0) is 18.1. The van der Waals surface area contributed by atoms with Crippen molar-refractivity contribution >= 4 is 15.9 Å². The van der Waals surface area contributed by atoms with Gasteiger partial charge in [0.15, 0.2) is 9.84 Å². The predicted molar refractivity (Wildman–Crippen MR) is 78.5 cm³/mol. The summed E-state index contributed by atoms with van der Waals surface area (Å²) in [5.74, 6) is -1.05. The van der Waals surface area contributed by atoms with Gasteiger partial charge in [-0.2, -0.15) is 13.2 Å². The zero-order valence-corrected chi connectivity index (χ0v) is 13.5. The van der Waals surface area contributed by atoms with Gasteiger partial charge in [0.2, 0.25) is 0 Å². The number of hydrogen-bond donors (Lipinski definition) is 1. The Balaban J connectivity index is 1.97. The Kier molecular flexibility index (Phi) is 5.07. The molecule has 10 heteroatoms. The molecule has 2 rings (SSSR count). The van der Waals surface area contributed by atoms with Crippen LogP contribution >= 0.6 is 0 Å². The Morgan fingerprint density at radius 3 is 2.50 bits per heavy atom. The first-order chi connectivity index (χ1) is 11.0. The van der Waals surface area contributed by atoms with Crippen LogP contribution in [-0.2, 0) is 22.6 Å². The number of halogens is 4. The summed E-state index contributed by atoms with van der Waals surface area (Å²) in [6, 6.07) is 1.55. The minimum absolute atomic E-state index is 0.0115. The fraction of sp³-hybridized carbons (Fsp3) is 0.500. The number of carbonyl (C=O) groups excluding carboxylic acids is 1. The van der Waals surface area contributed by atoms with Gasteiger partial charge in [-0.25, -0.2) is 17.6 Å². The minimum atomic E-state index is -4.74. The highest BCUT2D eigenvalue weighted by atomic mass is 32.2. The number of urea groups is 1. The summed E-state index contributed by atoms with van der Waals surface area (Å²) in [4.78, 5) is 13.1. The molecule has 0 aliphatic carbocycles. The van der Waals surface area contributed by atoms with Crippen LogP contribution in [-0.4, -0.2) is 43.4 Å². The van der Waals surface area contributed by atoms with Crippen molar-refractivity contribution in [3.8, 4) is 0 Å². The SMILES string of the molecule is CCS(=O)(=O)C1CN(C(=O)NCc2ccc(F)cc2C(F)(F)F)C1. The third-order valence-corrected chi connectivity index (χ3v) is 5.97. The molecule has 5 nitrogen and oxygen atoms in total. The van der Waals surface area contributed by atoms with Gasteiger partial charge in [-0.1, -0.05) is 13.0 Å². The highest BCUT2D eigenvalue weighted by molar-refractivity contribution is 7.92. The van der Waals surface area contributed by atoms with Gasteiger partial charge < -0.3 is 10.2 Å². The molecule has 0 aromatic heterocycles. The van der Waals surface area contributed by atoms with E-state index in [1.165, 1.54) is 11.8 Å². The lowest BCUT2D eigenvalue weighted by Crippen LogP contribution is -2.59. The van der Waals surface area contributed by atoms with Gasteiger partial charge in [0, 0.05) is 25.4 Å². The minimum Gasteiger partial charge on any atom is -0.334 e. The lowest BCUT2D eigenvalue weighted by atomic mass is 10.1. The summed E-state index contributed by atoms with van der Waals surface area (Å²) in [6.07, 6.45) is -4.74. The average molecular weight is 368 g/mol. The molecule has 0 saturated carbocycles. The Labute approximate surface area is 136 Å². The summed E-state index contributed by atoms with van der Waals surface area (Å²) >= 11 is 0. The summed E-state index contributed by atoms with van der Waals surface area (Å²) in [7, 11) is -3.24. The second-order valence-electron chi connectivity index (χ2n) is 5.44. The van der Waals surface area contributed by atoms with Gasteiger partial charge in [0.25, 0.3) is 0 Å². The first-order valence-electron chi connectivity index (χ1n) is 7.14. The van der Waals surface area contributed by atoms with Crippen LogP contribution in [0.2, 0.25) is 0 Å². The molecule has 1 N–H and O–H groups in total. The van der Waals surface area contributed by atoms with Gasteiger partial charge in [0.1, 0.15) is 5.82 Å². The van der Waals surface area contributed by atoms with Crippen molar-refractivity contribution in [1.82, 2.24) is 10.2 Å². The number of amides is 2. The maximum atomic E-state index is 13.0. The van der Waals surface area contributed by atoms with Crippen LogP contribution in [0.5, 0.6) is 0 Å². The number of rotatable bonds is 4. The third-order valence-electron chi connectivity index (χ3n) is 3.85. The number of likely N-dealkylation sites (tertiary alicyclic amines) is 1. The van der Waals surface area contributed by atoms with E-state index in [0.717, 1.165) is 12.1 Å². The van der Waals surface area contributed by atoms with E-state index in [1.807, 2.05) is 0 Å². The molecular weight excluding hydrogens is 352 g/mol. The number of sulfone groups is 1. The van der Waals surface area contributed by atoms with Gasteiger partial charge in [-0.3, -0.25) is 0 Å². The molecule has 1 aliphatic rings. The molecule has 0 radical (unpaired) electrons. The van der Waals surface area contributed by atoms with E-state index in [2.05, 4.69) is 5.32 Å². The molecule has 2 amide bonds. The Hall–Kier alpha value is -1.84. The molecule has 1 aliphatic heterocycles. The van der Waals surface area contributed by atoms with Crippen LogP contribution < -0.4 is 5.32 Å². The molecule has 1 fully saturated rings. The molecule has 0 atom stereocenters. The van der Waals surface area contributed by atoms with Gasteiger partial charge >= 0.3 is 12.2 Å². The standard InChI is InChI=1S/C14H16F4N2O3S/c1-2-24(22,23)11-7-20(8-11)13(21)19-6-9-3-4-10(15)5-12(9)14(16,17)18/h3-5,11H,2,6-8H2,1H3,(H,19,21). The fourth-order valence-corrected chi connectivity index (χ4v) is 3.60. The first kappa shape index (κ1) is 18.5. The summed E-state index contributed by atoms with van der Waals surface area (Å²) < 4.78 is 74.8. The first-order valence-corrected chi connectivity index (χ1v) is 8.86. The predicted octanol–water partition coefficient (Wildman–Crippen LogP) is 2.17. The van der Waals surface area contributed by atoms with Crippen LogP contribution in [0.3, 0.4) is 0 Å². The number of benzene rings is 1. The van der Waals surface area contributed by atoms with Crippen LogP contribution in [0.15, 0.2) is 18.2 Å². The van der Waals surface area contributed by atoms with Gasteiger partial charge in [-0.05, 0) is 17.7 Å². The van der Waals surface area contributed by atoms with Crippen molar-refractivity contribution in [2.24, 2.45) is 0 Å². The molecule has 0 bridgehead atoms. The van der Waals surface area contributed by atoms with Gasteiger partial charge in [0.05, 0.1) is 10.8 Å². The summed E-state index contributed by atoms with van der Waals surface area (Å²) in [6.45, 7) is 1.09. The summed E-state index contributed by atoms with van der Waals surface area (Å²) in [5, 5.41) is 1.66. The van der Waals surface area contributed by atoms with E-state index in [9.17, 15) is 30.8 Å². The smallest absolute Gasteiger partial charge is 0.334 e. The molecule has 24 heavy (non-hydrogen) atoms. The van der Waals surface area contributed by atoms with E-state index in [4.69, 9.17) is 0 Å². The second-order valence-corrected chi connectivity index (χ2v) is 8.01. The normalized spacial score (nSPS) is 16.0. The molecule has 1 aromatic rings. The molecular formula is C14H16F4N2O3S. The summed E-state index contributed by atoms with van der Waals surface area (Å²) in [5.41, 5.74) is -1.42. The molecule has 0 spiro atoms. The van der Waals surface area contributed by atoms with Crippen molar-refractivity contribution < 1.29 is 30.8 Å². The number of hydrogen-bond acceptors (Lipinski definition) is 3. The second kappa shape index (κ2) is 6.58. The monoisotopic (exact) mass is 368 g/mol. The molecule has 0 unspecified atom stereocenters. The van der Waals surface area contributed by atoms with E-state index in [-0.39, 0.29) is 24.4 Å². The van der Waals surface area contributed by atoms with Crippen molar-refractivity contribution in [2.45, 2.75) is 24.9 Å². The maximum Gasteiger partial charge on any atom is 0.416 e. The van der Waals surface area contributed by atoms with E-state index >= 15 is 0 Å². The third kappa shape index (κ3) is 3.97. The molecule has 1 aromatic carbocycles. The number of nitrogens with one attached hydrogen (secondary N) is 1. The topological polar surface area (TPSA) is 66.5 Å². The van der Waals surface area contributed by atoms with E-state index < -0.39 is 45.2 Å². The van der Waals surface area contributed by atoms with Crippen LogP contribution in [0.4, 0.5) is 22.4 Å². The molecule has 1 saturated heterocycles. The number of nitrogens with zero attached hydrogens (tertiary/aromatic N) is 1. The highest BCUT2D eigenvalue weighted by Gasteiger charge is 2.39. The lowest BCUT2D eigenvalue weighted by Gasteiger charge is -2.38. The maximum absolute atomic E-state index is 13.0. The average Bonchev–Trinajstić information content (AvgIpc) is 2.43. The lowest BCUT2D eigenvalue weighted by molar-refractivity contribution is -0.138.